The smallest absolute Gasteiger partial charge is 0.146 e. The van der Waals surface area contributed by atoms with Gasteiger partial charge in [-0.15, -0.1) is 0 Å². The lowest BCUT2D eigenvalue weighted by atomic mass is 10.0. The van der Waals surface area contributed by atoms with Crippen LogP contribution in [0.3, 0.4) is 0 Å². The fourth-order valence-electron chi connectivity index (χ4n) is 2.13. The number of aromatic nitrogens is 3. The third kappa shape index (κ3) is 2.26. The summed E-state index contributed by atoms with van der Waals surface area (Å²) >= 11 is 0. The molecule has 0 saturated carbocycles. The summed E-state index contributed by atoms with van der Waals surface area (Å²) in [4.78, 5) is 3.78. The van der Waals surface area contributed by atoms with Gasteiger partial charge in [0.05, 0.1) is 23.6 Å². The SMILES string of the molecule is CCn1nc(C)cc1C(NC)c1ccncc1F. The molecule has 0 saturated heterocycles. The molecular weight excluding hydrogens is 231 g/mol. The van der Waals surface area contributed by atoms with Crippen LogP contribution in [0.25, 0.3) is 0 Å². The van der Waals surface area contributed by atoms with Crippen LogP contribution in [0.5, 0.6) is 0 Å². The van der Waals surface area contributed by atoms with Gasteiger partial charge in [-0.3, -0.25) is 9.67 Å². The first-order chi connectivity index (χ1) is 8.67. The van der Waals surface area contributed by atoms with Crippen molar-refractivity contribution in [3.8, 4) is 0 Å². The minimum atomic E-state index is -0.307. The largest absolute Gasteiger partial charge is 0.308 e. The number of rotatable bonds is 4. The summed E-state index contributed by atoms with van der Waals surface area (Å²) in [7, 11) is 1.81. The second-order valence-corrected chi connectivity index (χ2v) is 4.15. The van der Waals surface area contributed by atoms with Crippen LogP contribution in [0, 0.1) is 12.7 Å². The Kier molecular flexibility index (Phi) is 3.72. The fraction of sp³-hybridized carbons (Fsp3) is 0.385. The molecule has 2 aromatic heterocycles. The van der Waals surface area contributed by atoms with E-state index in [1.54, 1.807) is 12.3 Å². The predicted molar refractivity (Wildman–Crippen MR) is 67.7 cm³/mol. The molecule has 96 valence electrons. The first-order valence-corrected chi connectivity index (χ1v) is 5.98. The van der Waals surface area contributed by atoms with Gasteiger partial charge in [0, 0.05) is 18.3 Å². The monoisotopic (exact) mass is 248 g/mol. The molecule has 0 amide bonds. The van der Waals surface area contributed by atoms with Crippen LogP contribution in [0.4, 0.5) is 4.39 Å². The summed E-state index contributed by atoms with van der Waals surface area (Å²) in [6.07, 6.45) is 2.83. The minimum Gasteiger partial charge on any atom is -0.308 e. The zero-order chi connectivity index (χ0) is 13.1. The third-order valence-electron chi connectivity index (χ3n) is 2.93. The molecule has 0 aliphatic rings. The molecule has 0 fully saturated rings. The van der Waals surface area contributed by atoms with Gasteiger partial charge in [0.1, 0.15) is 5.82 Å². The quantitative estimate of drug-likeness (QED) is 0.900. The maximum Gasteiger partial charge on any atom is 0.146 e. The standard InChI is InChI=1S/C13H17FN4/c1-4-18-12(7-9(2)17-18)13(15-3)10-5-6-16-8-11(10)14/h5-8,13,15H,4H2,1-3H3. The van der Waals surface area contributed by atoms with Crippen LogP contribution in [-0.2, 0) is 6.54 Å². The first-order valence-electron chi connectivity index (χ1n) is 5.98. The van der Waals surface area contributed by atoms with Crippen molar-refractivity contribution in [3.05, 3.63) is 47.3 Å². The number of hydrogen-bond acceptors (Lipinski definition) is 3. The van der Waals surface area contributed by atoms with Crippen molar-refractivity contribution < 1.29 is 4.39 Å². The molecule has 0 aliphatic heterocycles. The van der Waals surface area contributed by atoms with Gasteiger partial charge in [-0.05, 0) is 33.0 Å². The van der Waals surface area contributed by atoms with E-state index in [1.165, 1.54) is 6.20 Å². The number of aryl methyl sites for hydroxylation is 2. The second-order valence-electron chi connectivity index (χ2n) is 4.15. The van der Waals surface area contributed by atoms with Gasteiger partial charge in [-0.1, -0.05) is 0 Å². The zero-order valence-corrected chi connectivity index (χ0v) is 10.8. The average Bonchev–Trinajstić information content (AvgIpc) is 2.74. The molecule has 5 heteroatoms. The van der Waals surface area contributed by atoms with E-state index in [-0.39, 0.29) is 11.9 Å². The van der Waals surface area contributed by atoms with E-state index in [9.17, 15) is 4.39 Å². The predicted octanol–water partition coefficient (Wildman–Crippen LogP) is 2.05. The van der Waals surface area contributed by atoms with Gasteiger partial charge >= 0.3 is 0 Å². The molecule has 1 unspecified atom stereocenters. The number of nitrogens with zero attached hydrogens (tertiary/aromatic N) is 3. The average molecular weight is 248 g/mol. The number of hydrogen-bond donors (Lipinski definition) is 1. The fourth-order valence-corrected chi connectivity index (χ4v) is 2.13. The normalized spacial score (nSPS) is 12.7. The van der Waals surface area contributed by atoms with Gasteiger partial charge in [0.2, 0.25) is 0 Å². The Balaban J connectivity index is 2.48. The lowest BCUT2D eigenvalue weighted by Gasteiger charge is -2.18. The molecule has 2 heterocycles. The molecule has 0 aliphatic carbocycles. The van der Waals surface area contributed by atoms with Gasteiger partial charge in [-0.25, -0.2) is 4.39 Å². The molecule has 0 bridgehead atoms. The van der Waals surface area contributed by atoms with Gasteiger partial charge in [0.15, 0.2) is 0 Å². The number of nitrogens with one attached hydrogen (secondary N) is 1. The Morgan fingerprint density at radius 3 is 2.89 bits per heavy atom. The summed E-state index contributed by atoms with van der Waals surface area (Å²) < 4.78 is 15.7. The van der Waals surface area contributed by atoms with Crippen molar-refractivity contribution in [2.24, 2.45) is 0 Å². The van der Waals surface area contributed by atoms with E-state index in [1.807, 2.05) is 31.6 Å². The van der Waals surface area contributed by atoms with Crippen molar-refractivity contribution in [2.75, 3.05) is 7.05 Å². The lowest BCUT2D eigenvalue weighted by Crippen LogP contribution is -2.22. The molecule has 2 rings (SSSR count). The van der Waals surface area contributed by atoms with Crippen LogP contribution in [0.1, 0.15) is 29.9 Å². The number of halogens is 1. The molecular formula is C13H17FN4. The molecule has 18 heavy (non-hydrogen) atoms. The topological polar surface area (TPSA) is 42.7 Å². The summed E-state index contributed by atoms with van der Waals surface area (Å²) in [6, 6.07) is 3.46. The van der Waals surface area contributed by atoms with E-state index in [2.05, 4.69) is 15.4 Å². The van der Waals surface area contributed by atoms with Crippen molar-refractivity contribution >= 4 is 0 Å². The lowest BCUT2D eigenvalue weighted by molar-refractivity contribution is 0.529. The van der Waals surface area contributed by atoms with E-state index in [4.69, 9.17) is 0 Å². The Bertz CT molecular complexity index is 536. The van der Waals surface area contributed by atoms with Crippen molar-refractivity contribution in [1.82, 2.24) is 20.1 Å². The molecule has 1 atom stereocenters. The molecule has 0 aromatic carbocycles. The van der Waals surface area contributed by atoms with Gasteiger partial charge in [0.25, 0.3) is 0 Å². The summed E-state index contributed by atoms with van der Waals surface area (Å²) in [5.41, 5.74) is 2.48. The molecule has 0 radical (unpaired) electrons. The highest BCUT2D eigenvalue weighted by atomic mass is 19.1. The Morgan fingerprint density at radius 2 is 2.28 bits per heavy atom. The summed E-state index contributed by atoms with van der Waals surface area (Å²) in [5.74, 6) is -0.307. The van der Waals surface area contributed by atoms with Crippen molar-refractivity contribution in [3.63, 3.8) is 0 Å². The maximum absolute atomic E-state index is 13.8. The van der Waals surface area contributed by atoms with E-state index in [0.29, 0.717) is 5.56 Å². The molecule has 1 N–H and O–H groups in total. The highest BCUT2D eigenvalue weighted by molar-refractivity contribution is 5.28. The minimum absolute atomic E-state index is 0.214. The second kappa shape index (κ2) is 5.27. The van der Waals surface area contributed by atoms with E-state index < -0.39 is 0 Å². The number of pyridine rings is 1. The van der Waals surface area contributed by atoms with Crippen LogP contribution < -0.4 is 5.32 Å². The van der Waals surface area contributed by atoms with E-state index in [0.717, 1.165) is 17.9 Å². The van der Waals surface area contributed by atoms with E-state index >= 15 is 0 Å². The Hall–Kier alpha value is -1.75. The Morgan fingerprint density at radius 1 is 1.50 bits per heavy atom. The van der Waals surface area contributed by atoms with Crippen LogP contribution in [0.15, 0.2) is 24.5 Å². The van der Waals surface area contributed by atoms with Crippen LogP contribution in [0.2, 0.25) is 0 Å². The van der Waals surface area contributed by atoms with Crippen LogP contribution in [-0.4, -0.2) is 21.8 Å². The highest BCUT2D eigenvalue weighted by Crippen LogP contribution is 2.24. The summed E-state index contributed by atoms with van der Waals surface area (Å²) in [5, 5.41) is 7.53. The Labute approximate surface area is 106 Å². The van der Waals surface area contributed by atoms with Gasteiger partial charge < -0.3 is 5.32 Å². The van der Waals surface area contributed by atoms with Crippen molar-refractivity contribution in [2.45, 2.75) is 26.4 Å². The van der Waals surface area contributed by atoms with Crippen LogP contribution >= 0.6 is 0 Å². The highest BCUT2D eigenvalue weighted by Gasteiger charge is 2.20. The molecule has 0 spiro atoms. The van der Waals surface area contributed by atoms with Gasteiger partial charge in [-0.2, -0.15) is 5.10 Å². The zero-order valence-electron chi connectivity index (χ0n) is 10.8. The van der Waals surface area contributed by atoms with Crippen molar-refractivity contribution in [1.29, 1.82) is 0 Å². The molecule has 4 nitrogen and oxygen atoms in total. The maximum atomic E-state index is 13.8. The third-order valence-corrected chi connectivity index (χ3v) is 2.93. The summed E-state index contributed by atoms with van der Waals surface area (Å²) in [6.45, 7) is 4.71. The molecule has 2 aromatic rings. The first kappa shape index (κ1) is 12.7.